The number of aryl methyl sites for hydroxylation is 1. The van der Waals surface area contributed by atoms with E-state index in [-0.39, 0.29) is 5.41 Å². The molecule has 0 amide bonds. The van der Waals surface area contributed by atoms with Crippen molar-refractivity contribution in [2.24, 2.45) is 0 Å². The van der Waals surface area contributed by atoms with Crippen molar-refractivity contribution < 1.29 is 0 Å². The summed E-state index contributed by atoms with van der Waals surface area (Å²) in [6.45, 7) is 11.6. The van der Waals surface area contributed by atoms with Gasteiger partial charge < -0.3 is 5.32 Å². The second-order valence-electron chi connectivity index (χ2n) is 7.34. The van der Waals surface area contributed by atoms with E-state index in [4.69, 9.17) is 0 Å². The average molecular weight is 329 g/mol. The quantitative estimate of drug-likeness (QED) is 0.679. The maximum atomic E-state index is 3.75. The summed E-state index contributed by atoms with van der Waals surface area (Å²) in [5, 5.41) is 3.61. The summed E-state index contributed by atoms with van der Waals surface area (Å²) >= 11 is 0. The van der Waals surface area contributed by atoms with E-state index in [1.165, 1.54) is 33.5 Å². The smallest absolute Gasteiger partial charge is 0.0416 e. The molecule has 0 spiro atoms. The number of nitrogens with one attached hydrogen (secondary N) is 1. The minimum Gasteiger partial charge on any atom is -0.385 e. The lowest BCUT2D eigenvalue weighted by Crippen LogP contribution is -2.20. The van der Waals surface area contributed by atoms with Crippen LogP contribution in [0.25, 0.3) is 16.8 Å². The molecule has 0 radical (unpaired) electrons. The molecule has 0 saturated carbocycles. The zero-order valence-corrected chi connectivity index (χ0v) is 15.5. The molecule has 1 heteroatoms. The van der Waals surface area contributed by atoms with Crippen molar-refractivity contribution in [1.82, 2.24) is 5.32 Å². The van der Waals surface area contributed by atoms with E-state index < -0.39 is 0 Å². The van der Waals surface area contributed by atoms with Crippen LogP contribution >= 0.6 is 0 Å². The molecule has 0 saturated heterocycles. The third-order valence-electron chi connectivity index (χ3n) is 5.04. The molecule has 0 aromatic heterocycles. The fourth-order valence-electron chi connectivity index (χ4n) is 3.54. The zero-order chi connectivity index (χ0) is 17.9. The Morgan fingerprint density at radius 3 is 2.52 bits per heavy atom. The van der Waals surface area contributed by atoms with Gasteiger partial charge in [0.15, 0.2) is 0 Å². The van der Waals surface area contributed by atoms with Gasteiger partial charge in [-0.1, -0.05) is 69.0 Å². The summed E-state index contributed by atoms with van der Waals surface area (Å²) in [6, 6.07) is 15.4. The predicted octanol–water partition coefficient (Wildman–Crippen LogP) is 6.02. The van der Waals surface area contributed by atoms with Gasteiger partial charge in [-0.25, -0.2) is 0 Å². The van der Waals surface area contributed by atoms with Crippen LogP contribution in [0.1, 0.15) is 37.0 Å². The van der Waals surface area contributed by atoms with Crippen LogP contribution in [0.5, 0.6) is 0 Å². The van der Waals surface area contributed by atoms with Gasteiger partial charge in [-0.2, -0.15) is 0 Å². The van der Waals surface area contributed by atoms with Gasteiger partial charge >= 0.3 is 0 Å². The van der Waals surface area contributed by atoms with Gasteiger partial charge in [0.05, 0.1) is 0 Å². The standard InChI is InChI=1S/C24H27N/c1-5-6-8-13-23-21-16-18(2)20(19-11-9-7-10-12-19)17-22(21)24(3,4)14-15-25-23/h5-13,16-17,25H,1,14-15H2,2-4H3/b8-6-,23-13-. The highest BCUT2D eigenvalue weighted by Crippen LogP contribution is 2.39. The molecular weight excluding hydrogens is 302 g/mol. The fraction of sp³-hybridized carbons (Fsp3) is 0.250. The van der Waals surface area contributed by atoms with Gasteiger partial charge in [-0.15, -0.1) is 0 Å². The Labute approximate surface area is 151 Å². The molecule has 1 aliphatic rings. The molecular formula is C24H27N. The molecule has 0 fully saturated rings. The van der Waals surface area contributed by atoms with Crippen LogP contribution in [0.3, 0.4) is 0 Å². The van der Waals surface area contributed by atoms with Crippen molar-refractivity contribution in [2.45, 2.75) is 32.6 Å². The molecule has 0 aliphatic carbocycles. The summed E-state index contributed by atoms with van der Waals surface area (Å²) < 4.78 is 0. The minimum atomic E-state index is 0.136. The predicted molar refractivity (Wildman–Crippen MR) is 110 cm³/mol. The van der Waals surface area contributed by atoms with Crippen LogP contribution in [-0.2, 0) is 5.41 Å². The Morgan fingerprint density at radius 1 is 1.04 bits per heavy atom. The lowest BCUT2D eigenvalue weighted by molar-refractivity contribution is 0.483. The number of hydrogen-bond acceptors (Lipinski definition) is 1. The number of allylic oxidation sites excluding steroid dienone is 4. The van der Waals surface area contributed by atoms with E-state index in [0.29, 0.717) is 0 Å². The van der Waals surface area contributed by atoms with Crippen molar-refractivity contribution >= 4 is 5.70 Å². The first-order chi connectivity index (χ1) is 12.0. The highest BCUT2D eigenvalue weighted by Gasteiger charge is 2.28. The summed E-state index contributed by atoms with van der Waals surface area (Å²) in [5.74, 6) is 0. The van der Waals surface area contributed by atoms with E-state index in [1.54, 1.807) is 0 Å². The normalized spacial score (nSPS) is 17.8. The van der Waals surface area contributed by atoms with E-state index >= 15 is 0 Å². The van der Waals surface area contributed by atoms with E-state index in [9.17, 15) is 0 Å². The molecule has 2 aromatic carbocycles. The lowest BCUT2D eigenvalue weighted by atomic mass is 9.77. The van der Waals surface area contributed by atoms with E-state index in [2.05, 4.69) is 87.3 Å². The second-order valence-corrected chi connectivity index (χ2v) is 7.34. The van der Waals surface area contributed by atoms with Crippen molar-refractivity contribution in [3.05, 3.63) is 90.0 Å². The van der Waals surface area contributed by atoms with Crippen LogP contribution in [0, 0.1) is 6.92 Å². The largest absolute Gasteiger partial charge is 0.385 e. The lowest BCUT2D eigenvalue weighted by Gasteiger charge is -2.26. The van der Waals surface area contributed by atoms with Crippen LogP contribution < -0.4 is 5.32 Å². The Balaban J connectivity index is 2.20. The highest BCUT2D eigenvalue weighted by atomic mass is 14.9. The zero-order valence-electron chi connectivity index (χ0n) is 15.5. The Kier molecular flexibility index (Phi) is 4.94. The van der Waals surface area contributed by atoms with Gasteiger partial charge in [0.2, 0.25) is 0 Å². The first kappa shape index (κ1) is 17.3. The van der Waals surface area contributed by atoms with Gasteiger partial charge in [0.1, 0.15) is 0 Å². The topological polar surface area (TPSA) is 12.0 Å². The van der Waals surface area contributed by atoms with Gasteiger partial charge in [-0.05, 0) is 59.2 Å². The first-order valence-corrected chi connectivity index (χ1v) is 8.97. The van der Waals surface area contributed by atoms with Crippen molar-refractivity contribution in [3.8, 4) is 11.1 Å². The summed E-state index contributed by atoms with van der Waals surface area (Å²) in [6.07, 6.45) is 9.10. The molecule has 25 heavy (non-hydrogen) atoms. The SMILES string of the molecule is C=C/C=C\C=C1/NCCC(C)(C)c2cc(-c3ccccc3)c(C)cc21. The number of hydrogen-bond donors (Lipinski definition) is 1. The third kappa shape index (κ3) is 3.61. The molecule has 128 valence electrons. The summed E-state index contributed by atoms with van der Waals surface area (Å²) in [5.41, 5.74) is 7.98. The van der Waals surface area contributed by atoms with Crippen molar-refractivity contribution in [2.75, 3.05) is 6.54 Å². The molecule has 1 N–H and O–H groups in total. The van der Waals surface area contributed by atoms with Gasteiger partial charge in [0.25, 0.3) is 0 Å². The van der Waals surface area contributed by atoms with Crippen LogP contribution in [0.15, 0.2) is 73.3 Å². The molecule has 1 nitrogen and oxygen atoms in total. The Bertz CT molecular complexity index is 823. The van der Waals surface area contributed by atoms with E-state index in [0.717, 1.165) is 13.0 Å². The Hall–Kier alpha value is -2.54. The summed E-state index contributed by atoms with van der Waals surface area (Å²) in [4.78, 5) is 0. The van der Waals surface area contributed by atoms with Gasteiger partial charge in [0, 0.05) is 17.8 Å². The molecule has 0 bridgehead atoms. The van der Waals surface area contributed by atoms with Crippen molar-refractivity contribution in [3.63, 3.8) is 0 Å². The van der Waals surface area contributed by atoms with Crippen LogP contribution in [0.4, 0.5) is 0 Å². The molecule has 3 rings (SSSR count). The second kappa shape index (κ2) is 7.14. The van der Waals surface area contributed by atoms with E-state index in [1.807, 2.05) is 12.2 Å². The third-order valence-corrected chi connectivity index (χ3v) is 5.04. The van der Waals surface area contributed by atoms with Crippen LogP contribution in [-0.4, -0.2) is 6.54 Å². The number of benzene rings is 2. The number of rotatable bonds is 3. The molecule has 1 aliphatic heterocycles. The summed E-state index contributed by atoms with van der Waals surface area (Å²) in [7, 11) is 0. The maximum Gasteiger partial charge on any atom is 0.0416 e. The monoisotopic (exact) mass is 329 g/mol. The number of fused-ring (bicyclic) bond motifs is 1. The first-order valence-electron chi connectivity index (χ1n) is 8.97. The fourth-order valence-corrected chi connectivity index (χ4v) is 3.54. The average Bonchev–Trinajstić information content (AvgIpc) is 2.72. The van der Waals surface area contributed by atoms with Crippen LogP contribution in [0.2, 0.25) is 0 Å². The highest BCUT2D eigenvalue weighted by molar-refractivity contribution is 5.77. The van der Waals surface area contributed by atoms with Gasteiger partial charge in [-0.3, -0.25) is 0 Å². The van der Waals surface area contributed by atoms with Crippen molar-refractivity contribution in [1.29, 1.82) is 0 Å². The molecule has 0 atom stereocenters. The molecule has 0 unspecified atom stereocenters. The molecule has 2 aromatic rings. The molecule has 1 heterocycles. The maximum absolute atomic E-state index is 3.75. The Morgan fingerprint density at radius 2 is 1.80 bits per heavy atom. The minimum absolute atomic E-state index is 0.136.